The van der Waals surface area contributed by atoms with Gasteiger partial charge in [0.05, 0.1) is 26.4 Å². The first-order valence-electron chi connectivity index (χ1n) is 6.39. The van der Waals surface area contributed by atoms with E-state index in [0.29, 0.717) is 0 Å². The van der Waals surface area contributed by atoms with Gasteiger partial charge in [0.15, 0.2) is 0 Å². The minimum Gasteiger partial charge on any atom is -0.360 e. The average Bonchev–Trinajstić information content (AvgIpc) is 2.55. The summed E-state index contributed by atoms with van der Waals surface area (Å²) >= 11 is 0. The third-order valence-corrected chi connectivity index (χ3v) is 6.61. The second kappa shape index (κ2) is 11.2. The van der Waals surface area contributed by atoms with Gasteiger partial charge in [-0.1, -0.05) is 24.3 Å². The van der Waals surface area contributed by atoms with Crippen molar-refractivity contribution in [3.05, 3.63) is 56.2 Å². The van der Waals surface area contributed by atoms with Crippen LogP contribution in [0.4, 0.5) is 0 Å². The van der Waals surface area contributed by atoms with Crippen LogP contribution in [0.3, 0.4) is 0 Å². The first-order valence-corrected chi connectivity index (χ1v) is 9.47. The highest BCUT2D eigenvalue weighted by Gasteiger charge is 2.56. The lowest BCUT2D eigenvalue weighted by molar-refractivity contribution is -0.00221. The molecule has 10 heteroatoms. The fourth-order valence-electron chi connectivity index (χ4n) is 1.17. The van der Waals surface area contributed by atoms with Crippen LogP contribution in [0.25, 0.3) is 5.53 Å². The van der Waals surface area contributed by atoms with Crippen molar-refractivity contribution in [2.45, 2.75) is 0 Å². The third kappa shape index (κ3) is 6.73. The summed E-state index contributed by atoms with van der Waals surface area (Å²) in [6.45, 7) is 12.8. The average molecular weight is 362 g/mol. The SMILES string of the molecule is C=CCOP(=O)(OCC=C)C(=[N+]=[N-])P(=O)(OCC=C)OCC=C. The zero-order valence-electron chi connectivity index (χ0n) is 12.7. The lowest BCUT2D eigenvalue weighted by Crippen LogP contribution is -2.13. The van der Waals surface area contributed by atoms with Crippen molar-refractivity contribution >= 4 is 20.4 Å². The van der Waals surface area contributed by atoms with Crippen LogP contribution < -0.4 is 0 Å². The highest BCUT2D eigenvalue weighted by atomic mass is 31.2. The fraction of sp³-hybridized carbons (Fsp3) is 0.308. The molecule has 0 aliphatic heterocycles. The highest BCUT2D eigenvalue weighted by Crippen LogP contribution is 2.65. The zero-order chi connectivity index (χ0) is 17.8. The molecule has 0 aromatic rings. The van der Waals surface area contributed by atoms with E-state index in [-0.39, 0.29) is 26.4 Å². The summed E-state index contributed by atoms with van der Waals surface area (Å²) in [6, 6.07) is 0. The Balaban J connectivity index is 5.82. The highest BCUT2D eigenvalue weighted by molar-refractivity contribution is 7.98. The second-order valence-electron chi connectivity index (χ2n) is 3.73. The monoisotopic (exact) mass is 362 g/mol. The normalized spacial score (nSPS) is 11.3. The van der Waals surface area contributed by atoms with Gasteiger partial charge >= 0.3 is 20.4 Å². The Bertz CT molecular complexity index is 507. The molecule has 0 aliphatic carbocycles. The molecular weight excluding hydrogens is 342 g/mol. The van der Waals surface area contributed by atoms with Crippen LogP contribution in [0.5, 0.6) is 0 Å². The van der Waals surface area contributed by atoms with Crippen molar-refractivity contribution in [2.75, 3.05) is 26.4 Å². The van der Waals surface area contributed by atoms with Crippen LogP contribution in [0, 0.1) is 0 Å². The first kappa shape index (κ1) is 21.6. The molecule has 8 nitrogen and oxygen atoms in total. The summed E-state index contributed by atoms with van der Waals surface area (Å²) in [5, 5.41) is -0.877. The maximum atomic E-state index is 12.8. The van der Waals surface area contributed by atoms with Crippen LogP contribution in [0.15, 0.2) is 50.6 Å². The van der Waals surface area contributed by atoms with E-state index in [0.717, 1.165) is 0 Å². The molecule has 0 saturated heterocycles. The summed E-state index contributed by atoms with van der Waals surface area (Å²) in [7, 11) is -8.58. The van der Waals surface area contributed by atoms with Gasteiger partial charge in [0.25, 0.3) is 0 Å². The molecule has 0 fully saturated rings. The van der Waals surface area contributed by atoms with E-state index in [1.54, 1.807) is 0 Å². The molecule has 128 valence electrons. The quantitative estimate of drug-likeness (QED) is 0.153. The Morgan fingerprint density at radius 2 is 1.04 bits per heavy atom. The predicted molar refractivity (Wildman–Crippen MR) is 88.4 cm³/mol. The van der Waals surface area contributed by atoms with Crippen molar-refractivity contribution in [3.63, 3.8) is 0 Å². The van der Waals surface area contributed by atoms with E-state index in [9.17, 15) is 14.7 Å². The zero-order valence-corrected chi connectivity index (χ0v) is 14.5. The topological polar surface area (TPSA) is 107 Å². The Hall–Kier alpha value is -1.36. The molecule has 0 unspecified atom stereocenters. The summed E-state index contributed by atoms with van der Waals surface area (Å²) in [5.41, 5.74) is 9.21. The summed E-state index contributed by atoms with van der Waals surface area (Å²) in [4.78, 5) is 2.80. The van der Waals surface area contributed by atoms with Gasteiger partial charge in [-0.25, -0.2) is 9.13 Å². The Morgan fingerprint density at radius 1 is 0.783 bits per heavy atom. The van der Waals surface area contributed by atoms with Crippen molar-refractivity contribution < 1.29 is 32.0 Å². The van der Waals surface area contributed by atoms with Crippen molar-refractivity contribution in [3.8, 4) is 0 Å². The third-order valence-electron chi connectivity index (χ3n) is 2.03. The molecule has 0 N–H and O–H groups in total. The molecule has 0 heterocycles. The maximum absolute atomic E-state index is 12.8. The van der Waals surface area contributed by atoms with Crippen LogP contribution >= 0.6 is 15.2 Å². The standard InChI is InChI=1S/C13H20N2O6P2/c1-5-9-18-22(16,19-10-6-2)13(15-14)23(17,20-11-7-3)21-12-8-4/h5-8H,1-4,9-12H2. The number of hydrogen-bond acceptors (Lipinski definition) is 6. The molecule has 0 spiro atoms. The van der Waals surface area contributed by atoms with Gasteiger partial charge in [0.2, 0.25) is 0 Å². The number of rotatable bonds is 14. The second-order valence-corrected chi connectivity index (χ2v) is 7.96. The molecule has 0 aliphatic rings. The van der Waals surface area contributed by atoms with E-state index in [1.165, 1.54) is 24.3 Å². The van der Waals surface area contributed by atoms with Crippen LogP contribution in [-0.4, -0.2) is 36.4 Å². The number of hydrogen-bond donors (Lipinski definition) is 0. The summed E-state index contributed by atoms with van der Waals surface area (Å²) in [6.07, 6.45) is 5.16. The lowest BCUT2D eigenvalue weighted by Gasteiger charge is -2.18. The molecule has 0 bridgehead atoms. The summed E-state index contributed by atoms with van der Waals surface area (Å²) < 4.78 is 45.8. The lowest BCUT2D eigenvalue weighted by atomic mass is 10.7. The van der Waals surface area contributed by atoms with Gasteiger partial charge in [-0.05, 0) is 0 Å². The smallest absolute Gasteiger partial charge is 0.360 e. The summed E-state index contributed by atoms with van der Waals surface area (Å²) in [5.74, 6) is 0. The van der Waals surface area contributed by atoms with Gasteiger partial charge in [0.1, 0.15) is 0 Å². The molecule has 0 amide bonds. The number of nitrogens with zero attached hydrogens (tertiary/aromatic N) is 2. The first-order chi connectivity index (χ1) is 10.9. The maximum Gasteiger partial charge on any atom is 0.486 e. The van der Waals surface area contributed by atoms with Gasteiger partial charge in [-0.2, -0.15) is 0 Å². The minimum atomic E-state index is -4.29. The van der Waals surface area contributed by atoms with E-state index in [1.807, 2.05) is 0 Å². The molecule has 23 heavy (non-hydrogen) atoms. The molecular formula is C13H20N2O6P2. The van der Waals surface area contributed by atoms with E-state index >= 15 is 0 Å². The van der Waals surface area contributed by atoms with Gasteiger partial charge < -0.3 is 5.53 Å². The van der Waals surface area contributed by atoms with Crippen LogP contribution in [0.1, 0.15) is 0 Å². The van der Waals surface area contributed by atoms with E-state index < -0.39 is 20.4 Å². The Morgan fingerprint density at radius 3 is 1.22 bits per heavy atom. The molecule has 0 radical (unpaired) electrons. The molecule has 0 aromatic carbocycles. The Labute approximate surface area is 135 Å². The largest absolute Gasteiger partial charge is 0.486 e. The van der Waals surface area contributed by atoms with Crippen molar-refractivity contribution in [1.29, 1.82) is 0 Å². The van der Waals surface area contributed by atoms with Crippen molar-refractivity contribution in [2.24, 2.45) is 0 Å². The minimum absolute atomic E-state index is 0.212. The van der Waals surface area contributed by atoms with Gasteiger partial charge in [0, 0.05) is 0 Å². The predicted octanol–water partition coefficient (Wildman–Crippen LogP) is 3.77. The van der Waals surface area contributed by atoms with Gasteiger partial charge in [-0.15, -0.1) is 31.1 Å². The molecule has 0 saturated carbocycles. The fourth-order valence-corrected chi connectivity index (χ4v) is 5.10. The van der Waals surface area contributed by atoms with Gasteiger partial charge in [-0.3, -0.25) is 18.1 Å². The van der Waals surface area contributed by atoms with E-state index in [4.69, 9.17) is 18.1 Å². The molecule has 0 rings (SSSR count). The van der Waals surface area contributed by atoms with E-state index in [2.05, 4.69) is 31.1 Å². The molecule has 0 aromatic heterocycles. The molecule has 0 atom stereocenters. The van der Waals surface area contributed by atoms with Crippen molar-refractivity contribution in [1.82, 2.24) is 0 Å². The van der Waals surface area contributed by atoms with Crippen LogP contribution in [0.2, 0.25) is 0 Å². The van der Waals surface area contributed by atoms with Crippen LogP contribution in [-0.2, 0) is 27.2 Å². The Kier molecular flexibility index (Phi) is 10.6.